The summed E-state index contributed by atoms with van der Waals surface area (Å²) in [5.74, 6) is 0.912. The zero-order chi connectivity index (χ0) is 12.3. The summed E-state index contributed by atoms with van der Waals surface area (Å²) < 4.78 is 1.20. The van der Waals surface area contributed by atoms with Crippen LogP contribution in [0, 0.1) is 5.92 Å². The third-order valence-corrected chi connectivity index (χ3v) is 5.76. The third kappa shape index (κ3) is 3.80. The number of thiophene rings is 1. The molecule has 2 unspecified atom stereocenters. The zero-order valence-corrected chi connectivity index (χ0v) is 12.9. The van der Waals surface area contributed by atoms with Crippen molar-refractivity contribution in [1.29, 1.82) is 0 Å². The van der Waals surface area contributed by atoms with Gasteiger partial charge in [0.2, 0.25) is 0 Å². The lowest BCUT2D eigenvalue weighted by Crippen LogP contribution is -2.41. The van der Waals surface area contributed by atoms with Crippen LogP contribution >= 0.6 is 27.3 Å². The molecule has 0 aromatic carbocycles. The van der Waals surface area contributed by atoms with Gasteiger partial charge >= 0.3 is 0 Å². The second kappa shape index (κ2) is 5.85. The summed E-state index contributed by atoms with van der Waals surface area (Å²) in [6.45, 7) is 2.31. The highest BCUT2D eigenvalue weighted by molar-refractivity contribution is 9.10. The normalized spacial score (nSPS) is 30.2. The molecule has 1 aromatic rings. The molecule has 96 valence electrons. The Bertz CT molecular complexity index is 363. The molecular formula is C14H22BrNS. The van der Waals surface area contributed by atoms with E-state index in [0.717, 1.165) is 12.3 Å². The highest BCUT2D eigenvalue weighted by atomic mass is 79.9. The van der Waals surface area contributed by atoms with E-state index >= 15 is 0 Å². The first-order chi connectivity index (χ1) is 8.11. The highest BCUT2D eigenvalue weighted by Gasteiger charge is 2.29. The van der Waals surface area contributed by atoms with Crippen LogP contribution in [0.15, 0.2) is 15.9 Å². The summed E-state index contributed by atoms with van der Waals surface area (Å²) in [7, 11) is 0. The summed E-state index contributed by atoms with van der Waals surface area (Å²) in [5, 5.41) is 2.16. The zero-order valence-electron chi connectivity index (χ0n) is 10.5. The van der Waals surface area contributed by atoms with Crippen molar-refractivity contribution in [2.75, 3.05) is 0 Å². The molecule has 1 aliphatic carbocycles. The molecule has 0 spiro atoms. The van der Waals surface area contributed by atoms with Crippen molar-refractivity contribution >= 4 is 27.3 Å². The van der Waals surface area contributed by atoms with Crippen molar-refractivity contribution < 1.29 is 0 Å². The van der Waals surface area contributed by atoms with Crippen molar-refractivity contribution in [2.45, 2.75) is 57.4 Å². The van der Waals surface area contributed by atoms with E-state index in [1.807, 2.05) is 11.3 Å². The molecular weight excluding hydrogens is 294 g/mol. The van der Waals surface area contributed by atoms with Crippen molar-refractivity contribution in [3.05, 3.63) is 20.8 Å². The van der Waals surface area contributed by atoms with Crippen molar-refractivity contribution in [2.24, 2.45) is 11.7 Å². The molecule has 1 fully saturated rings. The lowest BCUT2D eigenvalue weighted by molar-refractivity contribution is 0.360. The van der Waals surface area contributed by atoms with Gasteiger partial charge in [-0.25, -0.2) is 0 Å². The molecule has 0 saturated heterocycles. The van der Waals surface area contributed by atoms with E-state index in [2.05, 4.69) is 34.3 Å². The van der Waals surface area contributed by atoms with Gasteiger partial charge in [-0.3, -0.25) is 0 Å². The van der Waals surface area contributed by atoms with E-state index < -0.39 is 0 Å². The molecule has 1 aromatic heterocycles. The van der Waals surface area contributed by atoms with Crippen LogP contribution in [0.3, 0.4) is 0 Å². The van der Waals surface area contributed by atoms with Gasteiger partial charge in [-0.2, -0.15) is 0 Å². The predicted octanol–water partition coefficient (Wildman–Crippen LogP) is 4.74. The maximum atomic E-state index is 6.61. The number of halogens is 1. The summed E-state index contributed by atoms with van der Waals surface area (Å²) in [6, 6.07) is 2.22. The molecule has 2 atom stereocenters. The molecule has 1 nitrogen and oxygen atoms in total. The van der Waals surface area contributed by atoms with Crippen LogP contribution in [0.5, 0.6) is 0 Å². The van der Waals surface area contributed by atoms with Crippen LogP contribution < -0.4 is 5.73 Å². The van der Waals surface area contributed by atoms with Crippen LogP contribution in [-0.2, 0) is 6.42 Å². The molecule has 1 aliphatic rings. The SMILES string of the molecule is CCC1CCCC(N)(Cc2cc(Br)cs2)CC1. The summed E-state index contributed by atoms with van der Waals surface area (Å²) >= 11 is 5.35. The average Bonchev–Trinajstić information content (AvgIpc) is 2.59. The fourth-order valence-corrected chi connectivity index (χ4v) is 4.49. The Morgan fingerprint density at radius 1 is 1.47 bits per heavy atom. The van der Waals surface area contributed by atoms with E-state index in [1.54, 1.807) is 0 Å². The van der Waals surface area contributed by atoms with Crippen LogP contribution in [0.4, 0.5) is 0 Å². The molecule has 17 heavy (non-hydrogen) atoms. The van der Waals surface area contributed by atoms with Gasteiger partial charge in [-0.1, -0.05) is 26.2 Å². The monoisotopic (exact) mass is 315 g/mol. The lowest BCUT2D eigenvalue weighted by atomic mass is 9.87. The molecule has 1 saturated carbocycles. The van der Waals surface area contributed by atoms with Gasteiger partial charge in [-0.15, -0.1) is 11.3 Å². The smallest absolute Gasteiger partial charge is 0.0285 e. The first kappa shape index (κ1) is 13.6. The molecule has 3 heteroatoms. The summed E-state index contributed by atoms with van der Waals surface area (Å²) in [6.07, 6.45) is 8.77. The number of rotatable bonds is 3. The molecule has 0 bridgehead atoms. The lowest BCUT2D eigenvalue weighted by Gasteiger charge is -2.27. The first-order valence-electron chi connectivity index (χ1n) is 6.63. The quantitative estimate of drug-likeness (QED) is 0.801. The van der Waals surface area contributed by atoms with E-state index in [4.69, 9.17) is 5.73 Å². The molecule has 0 amide bonds. The Morgan fingerprint density at radius 3 is 2.94 bits per heavy atom. The summed E-state index contributed by atoms with van der Waals surface area (Å²) in [5.41, 5.74) is 6.66. The van der Waals surface area contributed by atoms with Crippen LogP contribution in [0.25, 0.3) is 0 Å². The number of hydrogen-bond donors (Lipinski definition) is 1. The fraction of sp³-hybridized carbons (Fsp3) is 0.714. The minimum atomic E-state index is 0.0498. The van der Waals surface area contributed by atoms with Crippen LogP contribution in [0.2, 0.25) is 0 Å². The second-order valence-electron chi connectivity index (χ2n) is 5.48. The molecule has 2 rings (SSSR count). The van der Waals surface area contributed by atoms with Crippen LogP contribution in [-0.4, -0.2) is 5.54 Å². The molecule has 1 heterocycles. The Labute approximate surface area is 117 Å². The van der Waals surface area contributed by atoms with E-state index in [0.29, 0.717) is 0 Å². The maximum absolute atomic E-state index is 6.61. The maximum Gasteiger partial charge on any atom is 0.0285 e. The van der Waals surface area contributed by atoms with Gasteiger partial charge in [-0.05, 0) is 53.6 Å². The Balaban J connectivity index is 1.98. The Hall–Kier alpha value is 0.140. The van der Waals surface area contributed by atoms with Crippen molar-refractivity contribution in [1.82, 2.24) is 0 Å². The topological polar surface area (TPSA) is 26.0 Å². The Kier molecular flexibility index (Phi) is 4.67. The minimum absolute atomic E-state index is 0.0498. The molecule has 0 aliphatic heterocycles. The van der Waals surface area contributed by atoms with Gasteiger partial charge in [0.1, 0.15) is 0 Å². The predicted molar refractivity (Wildman–Crippen MR) is 79.5 cm³/mol. The van der Waals surface area contributed by atoms with Crippen molar-refractivity contribution in [3.8, 4) is 0 Å². The van der Waals surface area contributed by atoms with Gasteiger partial charge < -0.3 is 5.73 Å². The highest BCUT2D eigenvalue weighted by Crippen LogP contribution is 2.34. The van der Waals surface area contributed by atoms with E-state index in [-0.39, 0.29) is 5.54 Å². The van der Waals surface area contributed by atoms with E-state index in [9.17, 15) is 0 Å². The van der Waals surface area contributed by atoms with Gasteiger partial charge in [0.15, 0.2) is 0 Å². The Morgan fingerprint density at radius 2 is 2.29 bits per heavy atom. The average molecular weight is 316 g/mol. The van der Waals surface area contributed by atoms with Gasteiger partial charge in [0.25, 0.3) is 0 Å². The molecule has 2 N–H and O–H groups in total. The largest absolute Gasteiger partial charge is 0.325 e. The molecule has 0 radical (unpaired) electrons. The number of hydrogen-bond acceptors (Lipinski definition) is 2. The van der Waals surface area contributed by atoms with Gasteiger partial charge in [0, 0.05) is 20.3 Å². The minimum Gasteiger partial charge on any atom is -0.325 e. The first-order valence-corrected chi connectivity index (χ1v) is 8.30. The second-order valence-corrected chi connectivity index (χ2v) is 7.39. The van der Waals surface area contributed by atoms with Crippen molar-refractivity contribution in [3.63, 3.8) is 0 Å². The van der Waals surface area contributed by atoms with Gasteiger partial charge in [0.05, 0.1) is 0 Å². The third-order valence-electron chi connectivity index (χ3n) is 4.06. The number of nitrogens with two attached hydrogens (primary N) is 1. The van der Waals surface area contributed by atoms with E-state index in [1.165, 1.54) is 47.9 Å². The standard InChI is InChI=1S/C14H22BrNS/c1-2-11-4-3-6-14(16,7-5-11)9-13-8-12(15)10-17-13/h8,10-11H,2-7,9,16H2,1H3. The van der Waals surface area contributed by atoms with Crippen LogP contribution in [0.1, 0.15) is 50.3 Å². The fourth-order valence-electron chi connectivity index (χ4n) is 2.88. The summed E-state index contributed by atoms with van der Waals surface area (Å²) in [4.78, 5) is 1.43.